The third-order valence-electron chi connectivity index (χ3n) is 2.96. The second-order valence-electron chi connectivity index (χ2n) is 4.12. The van der Waals surface area contributed by atoms with Gasteiger partial charge in [0.25, 0.3) is 0 Å². The molecule has 0 spiro atoms. The molecule has 0 bridgehead atoms. The average molecular weight is 277 g/mol. The van der Waals surface area contributed by atoms with Crippen LogP contribution in [0.1, 0.15) is 16.2 Å². The average Bonchev–Trinajstić information content (AvgIpc) is 2.93. The summed E-state index contributed by atoms with van der Waals surface area (Å²) >= 11 is 6.12. The lowest BCUT2D eigenvalue weighted by atomic mass is 10.1. The van der Waals surface area contributed by atoms with E-state index in [-0.39, 0.29) is 5.15 Å². The zero-order valence-electron chi connectivity index (χ0n) is 10.2. The Hall–Kier alpha value is -2.21. The van der Waals surface area contributed by atoms with Crippen LogP contribution in [0.15, 0.2) is 16.9 Å². The number of rotatable bonds is 2. The van der Waals surface area contributed by atoms with Crippen molar-refractivity contribution >= 4 is 28.9 Å². The molecule has 3 rings (SSSR count). The first kappa shape index (κ1) is 11.9. The molecule has 0 saturated carbocycles. The third-order valence-corrected chi connectivity index (χ3v) is 3.25. The van der Waals surface area contributed by atoms with Crippen molar-refractivity contribution in [3.8, 4) is 11.3 Å². The molecule has 0 amide bonds. The van der Waals surface area contributed by atoms with Crippen LogP contribution < -0.4 is 0 Å². The molecule has 0 fully saturated rings. The summed E-state index contributed by atoms with van der Waals surface area (Å²) in [6.45, 7) is 1.78. The molecule has 0 aliphatic heterocycles. The topological polar surface area (TPSA) is 73.8 Å². The van der Waals surface area contributed by atoms with E-state index < -0.39 is 0 Å². The lowest BCUT2D eigenvalue weighted by Crippen LogP contribution is -1.96. The Morgan fingerprint density at radius 2 is 2.21 bits per heavy atom. The van der Waals surface area contributed by atoms with E-state index in [9.17, 15) is 4.79 Å². The fourth-order valence-corrected chi connectivity index (χ4v) is 2.34. The number of halogens is 1. The molecule has 0 aromatic carbocycles. The number of aromatic nitrogens is 4. The molecule has 3 aromatic heterocycles. The molecule has 0 saturated heterocycles. The van der Waals surface area contributed by atoms with Gasteiger partial charge in [-0.2, -0.15) is 0 Å². The van der Waals surface area contributed by atoms with Crippen molar-refractivity contribution in [2.75, 3.05) is 0 Å². The van der Waals surface area contributed by atoms with Gasteiger partial charge >= 0.3 is 0 Å². The second-order valence-corrected chi connectivity index (χ2v) is 4.48. The molecule has 19 heavy (non-hydrogen) atoms. The van der Waals surface area contributed by atoms with Gasteiger partial charge in [0.1, 0.15) is 28.6 Å². The summed E-state index contributed by atoms with van der Waals surface area (Å²) in [5.41, 5.74) is 2.15. The van der Waals surface area contributed by atoms with Crippen LogP contribution in [0.3, 0.4) is 0 Å². The first-order valence-electron chi connectivity index (χ1n) is 5.51. The van der Waals surface area contributed by atoms with E-state index in [1.54, 1.807) is 24.6 Å². The SMILES string of the molecule is Cc1cc(-c2c(C=O)n(C)c3ncnc(Cl)c23)no1. The lowest BCUT2D eigenvalue weighted by molar-refractivity contribution is 0.111. The molecule has 0 atom stereocenters. The zero-order valence-corrected chi connectivity index (χ0v) is 11.0. The van der Waals surface area contributed by atoms with Crippen LogP contribution in [0.5, 0.6) is 0 Å². The minimum absolute atomic E-state index is 0.282. The van der Waals surface area contributed by atoms with Crippen LogP contribution in [0.4, 0.5) is 0 Å². The van der Waals surface area contributed by atoms with Gasteiger partial charge in [0.2, 0.25) is 0 Å². The summed E-state index contributed by atoms with van der Waals surface area (Å²) in [7, 11) is 1.74. The van der Waals surface area contributed by atoms with Crippen molar-refractivity contribution in [2.24, 2.45) is 7.05 Å². The molecule has 3 heterocycles. The molecular formula is C12H9ClN4O2. The summed E-state index contributed by atoms with van der Waals surface area (Å²) in [6.07, 6.45) is 2.11. The van der Waals surface area contributed by atoms with E-state index in [1.807, 2.05) is 0 Å². The predicted octanol–water partition coefficient (Wildman–Crippen LogP) is 2.40. The van der Waals surface area contributed by atoms with Crippen LogP contribution in [-0.2, 0) is 7.05 Å². The Balaban J connectivity index is 2.48. The smallest absolute Gasteiger partial charge is 0.167 e. The van der Waals surface area contributed by atoms with Gasteiger partial charge in [-0.1, -0.05) is 16.8 Å². The van der Waals surface area contributed by atoms with Gasteiger partial charge in [-0.25, -0.2) is 9.97 Å². The maximum atomic E-state index is 11.3. The number of hydrogen-bond donors (Lipinski definition) is 0. The van der Waals surface area contributed by atoms with Crippen molar-refractivity contribution in [3.63, 3.8) is 0 Å². The van der Waals surface area contributed by atoms with E-state index in [4.69, 9.17) is 16.1 Å². The minimum Gasteiger partial charge on any atom is -0.361 e. The van der Waals surface area contributed by atoms with Crippen molar-refractivity contribution in [1.82, 2.24) is 19.7 Å². The molecule has 3 aromatic rings. The zero-order chi connectivity index (χ0) is 13.6. The Labute approximate surface area is 113 Å². The highest BCUT2D eigenvalue weighted by atomic mass is 35.5. The molecule has 0 N–H and O–H groups in total. The maximum absolute atomic E-state index is 11.3. The molecule has 0 aliphatic carbocycles. The van der Waals surface area contributed by atoms with Crippen LogP contribution in [-0.4, -0.2) is 26.0 Å². The Bertz CT molecular complexity index is 790. The fraction of sp³-hybridized carbons (Fsp3) is 0.167. The number of hydrogen-bond acceptors (Lipinski definition) is 5. The molecular weight excluding hydrogens is 268 g/mol. The summed E-state index contributed by atoms with van der Waals surface area (Å²) in [5, 5.41) is 4.82. The van der Waals surface area contributed by atoms with Gasteiger partial charge in [-0.05, 0) is 6.92 Å². The monoisotopic (exact) mass is 276 g/mol. The Kier molecular flexibility index (Phi) is 2.60. The Morgan fingerprint density at radius 3 is 2.84 bits per heavy atom. The number of nitrogens with zero attached hydrogens (tertiary/aromatic N) is 4. The standard InChI is InChI=1S/C12H9ClN4O2/c1-6-3-7(16-19-6)9-8(4-18)17(2)12-10(9)11(13)14-5-15-12/h3-5H,1-2H3. The van der Waals surface area contributed by atoms with Gasteiger partial charge in [0.15, 0.2) is 6.29 Å². The molecule has 7 heteroatoms. The number of aryl methyl sites for hydroxylation is 2. The van der Waals surface area contributed by atoms with Gasteiger partial charge in [0.05, 0.1) is 11.1 Å². The van der Waals surface area contributed by atoms with Gasteiger partial charge < -0.3 is 9.09 Å². The summed E-state index contributed by atoms with van der Waals surface area (Å²) in [6, 6.07) is 1.74. The van der Waals surface area contributed by atoms with Gasteiger partial charge in [-0.15, -0.1) is 0 Å². The highest BCUT2D eigenvalue weighted by Crippen LogP contribution is 2.35. The van der Waals surface area contributed by atoms with E-state index >= 15 is 0 Å². The van der Waals surface area contributed by atoms with E-state index in [0.29, 0.717) is 33.7 Å². The summed E-state index contributed by atoms with van der Waals surface area (Å²) in [4.78, 5) is 19.4. The normalized spacial score (nSPS) is 11.1. The highest BCUT2D eigenvalue weighted by Gasteiger charge is 2.22. The van der Waals surface area contributed by atoms with E-state index in [0.717, 1.165) is 6.29 Å². The van der Waals surface area contributed by atoms with Crippen molar-refractivity contribution < 1.29 is 9.32 Å². The fourth-order valence-electron chi connectivity index (χ4n) is 2.12. The van der Waals surface area contributed by atoms with Crippen LogP contribution >= 0.6 is 11.6 Å². The molecule has 0 aliphatic rings. The van der Waals surface area contributed by atoms with Crippen molar-refractivity contribution in [2.45, 2.75) is 6.92 Å². The molecule has 96 valence electrons. The third kappa shape index (κ3) is 1.64. The first-order valence-corrected chi connectivity index (χ1v) is 5.89. The van der Waals surface area contributed by atoms with Gasteiger partial charge in [0, 0.05) is 18.7 Å². The minimum atomic E-state index is 0.282. The Morgan fingerprint density at radius 1 is 1.42 bits per heavy atom. The van der Waals surface area contributed by atoms with Crippen LogP contribution in [0, 0.1) is 6.92 Å². The maximum Gasteiger partial charge on any atom is 0.167 e. The number of carbonyl (C=O) groups excluding carboxylic acids is 1. The highest BCUT2D eigenvalue weighted by molar-refractivity contribution is 6.35. The molecule has 0 radical (unpaired) electrons. The van der Waals surface area contributed by atoms with Crippen molar-refractivity contribution in [3.05, 3.63) is 29.0 Å². The van der Waals surface area contributed by atoms with Gasteiger partial charge in [-0.3, -0.25) is 4.79 Å². The van der Waals surface area contributed by atoms with Crippen LogP contribution in [0.2, 0.25) is 5.15 Å². The van der Waals surface area contributed by atoms with Crippen molar-refractivity contribution in [1.29, 1.82) is 0 Å². The predicted molar refractivity (Wildman–Crippen MR) is 69.1 cm³/mol. The van der Waals surface area contributed by atoms with Crippen LogP contribution in [0.25, 0.3) is 22.3 Å². The number of aldehydes is 1. The molecule has 6 nitrogen and oxygen atoms in total. The lowest BCUT2D eigenvalue weighted by Gasteiger charge is -1.96. The van der Waals surface area contributed by atoms with E-state index in [2.05, 4.69) is 15.1 Å². The number of carbonyl (C=O) groups is 1. The largest absolute Gasteiger partial charge is 0.361 e. The quantitative estimate of drug-likeness (QED) is 0.531. The number of fused-ring (bicyclic) bond motifs is 1. The first-order chi connectivity index (χ1) is 9.13. The summed E-state index contributed by atoms with van der Waals surface area (Å²) in [5.74, 6) is 0.650. The summed E-state index contributed by atoms with van der Waals surface area (Å²) < 4.78 is 6.72. The second kappa shape index (κ2) is 4.17. The van der Waals surface area contributed by atoms with E-state index in [1.165, 1.54) is 6.33 Å². The molecule has 0 unspecified atom stereocenters.